The van der Waals surface area contributed by atoms with Crippen molar-refractivity contribution in [3.05, 3.63) is 69.6 Å². The third-order valence-electron chi connectivity index (χ3n) is 3.91. The lowest BCUT2D eigenvalue weighted by Gasteiger charge is -2.07. The molecule has 6 heteroatoms. The second kappa shape index (κ2) is 7.66. The molecule has 0 N–H and O–H groups in total. The molecule has 0 saturated heterocycles. The zero-order chi connectivity index (χ0) is 18.7. The van der Waals surface area contributed by atoms with Crippen LogP contribution in [0.2, 0.25) is 0 Å². The summed E-state index contributed by atoms with van der Waals surface area (Å²) in [5, 5.41) is 0. The molecule has 3 rings (SSSR count). The number of hydrogen-bond acceptors (Lipinski definition) is 3. The molecule has 26 heavy (non-hydrogen) atoms. The number of ether oxygens (including phenoxy) is 1. The molecule has 134 valence electrons. The van der Waals surface area contributed by atoms with Crippen molar-refractivity contribution in [1.29, 1.82) is 0 Å². The lowest BCUT2D eigenvalue weighted by atomic mass is 10.1. The molecule has 0 spiro atoms. The van der Waals surface area contributed by atoms with E-state index in [2.05, 4.69) is 4.99 Å². The molecule has 0 bridgehead atoms. The molecular weight excluding hydrogens is 351 g/mol. The third kappa shape index (κ3) is 3.75. The maximum absolute atomic E-state index is 13.3. The van der Waals surface area contributed by atoms with Crippen LogP contribution in [-0.2, 0) is 7.05 Å². The van der Waals surface area contributed by atoms with Crippen molar-refractivity contribution in [2.45, 2.75) is 13.8 Å². The van der Waals surface area contributed by atoms with E-state index >= 15 is 0 Å². The van der Waals surface area contributed by atoms with E-state index in [9.17, 15) is 9.18 Å². The highest BCUT2D eigenvalue weighted by molar-refractivity contribution is 7.09. The van der Waals surface area contributed by atoms with Crippen molar-refractivity contribution in [2.75, 3.05) is 6.61 Å². The van der Waals surface area contributed by atoms with Gasteiger partial charge >= 0.3 is 0 Å². The third-order valence-corrected chi connectivity index (χ3v) is 4.95. The lowest BCUT2D eigenvalue weighted by Crippen LogP contribution is -2.14. The van der Waals surface area contributed by atoms with Gasteiger partial charge in [0.05, 0.1) is 12.3 Å². The van der Waals surface area contributed by atoms with Crippen LogP contribution in [0.15, 0.2) is 53.5 Å². The van der Waals surface area contributed by atoms with E-state index in [4.69, 9.17) is 4.74 Å². The van der Waals surface area contributed by atoms with Crippen LogP contribution in [0.5, 0.6) is 5.75 Å². The van der Waals surface area contributed by atoms with Crippen LogP contribution in [0.1, 0.15) is 22.2 Å². The fraction of sp³-hybridized carbons (Fsp3) is 0.200. The van der Waals surface area contributed by atoms with Gasteiger partial charge in [0.25, 0.3) is 5.91 Å². The number of aryl methyl sites for hydroxylation is 1. The minimum absolute atomic E-state index is 0.235. The van der Waals surface area contributed by atoms with Crippen LogP contribution in [0.3, 0.4) is 0 Å². The van der Waals surface area contributed by atoms with E-state index in [0.717, 1.165) is 21.9 Å². The summed E-state index contributed by atoms with van der Waals surface area (Å²) in [6, 6.07) is 13.4. The Labute approximate surface area is 155 Å². The van der Waals surface area contributed by atoms with Crippen molar-refractivity contribution in [3.63, 3.8) is 0 Å². The second-order valence-electron chi connectivity index (χ2n) is 5.73. The summed E-state index contributed by atoms with van der Waals surface area (Å²) in [4.78, 5) is 18.1. The SMILES string of the molecule is CCOc1ccc(-c2c(C)sc(=NC(=O)c3cccc(F)c3)n2C)cc1. The lowest BCUT2D eigenvalue weighted by molar-refractivity contribution is 0.0997. The van der Waals surface area contributed by atoms with E-state index in [1.165, 1.54) is 29.5 Å². The van der Waals surface area contributed by atoms with Gasteiger partial charge in [0.15, 0.2) is 4.80 Å². The van der Waals surface area contributed by atoms with Gasteiger partial charge in [0.1, 0.15) is 11.6 Å². The standard InChI is InChI=1S/C20H19FN2O2S/c1-4-25-17-10-8-14(9-11-17)18-13(2)26-20(23(18)3)22-19(24)15-6-5-7-16(21)12-15/h5-12H,4H2,1-3H3. The first-order chi connectivity index (χ1) is 12.5. The Morgan fingerprint density at radius 1 is 1.23 bits per heavy atom. The second-order valence-corrected chi connectivity index (χ2v) is 6.91. The number of thiazole rings is 1. The van der Waals surface area contributed by atoms with Gasteiger partial charge in [-0.05, 0) is 61.9 Å². The number of carbonyl (C=O) groups is 1. The number of hydrogen-bond donors (Lipinski definition) is 0. The summed E-state index contributed by atoms with van der Waals surface area (Å²) in [5.74, 6) is -0.0922. The smallest absolute Gasteiger partial charge is 0.279 e. The monoisotopic (exact) mass is 370 g/mol. The van der Waals surface area contributed by atoms with E-state index in [-0.39, 0.29) is 5.56 Å². The van der Waals surface area contributed by atoms with Crippen LogP contribution in [-0.4, -0.2) is 17.1 Å². The molecule has 0 aliphatic rings. The van der Waals surface area contributed by atoms with Crippen LogP contribution in [0.4, 0.5) is 4.39 Å². The predicted octanol–water partition coefficient (Wildman–Crippen LogP) is 4.34. The van der Waals surface area contributed by atoms with E-state index in [1.54, 1.807) is 6.07 Å². The number of carbonyl (C=O) groups excluding carboxylic acids is 1. The van der Waals surface area contributed by atoms with Gasteiger partial charge in [-0.15, -0.1) is 11.3 Å². The molecule has 0 atom stereocenters. The molecule has 4 nitrogen and oxygen atoms in total. The summed E-state index contributed by atoms with van der Waals surface area (Å²) in [7, 11) is 1.87. The first-order valence-electron chi connectivity index (χ1n) is 8.24. The van der Waals surface area contributed by atoms with Gasteiger partial charge in [-0.2, -0.15) is 4.99 Å². The zero-order valence-corrected chi connectivity index (χ0v) is 15.6. The van der Waals surface area contributed by atoms with E-state index < -0.39 is 11.7 Å². The van der Waals surface area contributed by atoms with Gasteiger partial charge in [0, 0.05) is 17.5 Å². The van der Waals surface area contributed by atoms with Gasteiger partial charge < -0.3 is 9.30 Å². The van der Waals surface area contributed by atoms with Crippen LogP contribution >= 0.6 is 11.3 Å². The zero-order valence-electron chi connectivity index (χ0n) is 14.8. The van der Waals surface area contributed by atoms with E-state index in [0.29, 0.717) is 11.4 Å². The van der Waals surface area contributed by atoms with E-state index in [1.807, 2.05) is 49.7 Å². The summed E-state index contributed by atoms with van der Waals surface area (Å²) in [5.41, 5.74) is 2.24. The van der Waals surface area contributed by atoms with Crippen molar-refractivity contribution in [3.8, 4) is 17.0 Å². The Kier molecular flexibility index (Phi) is 5.32. The molecule has 2 aromatic carbocycles. The van der Waals surface area contributed by atoms with Crippen LogP contribution < -0.4 is 9.54 Å². The Balaban J connectivity index is 1.98. The Morgan fingerprint density at radius 3 is 2.62 bits per heavy atom. The average Bonchev–Trinajstić information content (AvgIpc) is 2.89. The first kappa shape index (κ1) is 18.1. The Morgan fingerprint density at radius 2 is 1.96 bits per heavy atom. The molecule has 0 radical (unpaired) electrons. The number of benzene rings is 2. The average molecular weight is 370 g/mol. The van der Waals surface area contributed by atoms with Gasteiger partial charge in [-0.1, -0.05) is 6.07 Å². The quantitative estimate of drug-likeness (QED) is 0.686. The molecule has 1 amide bonds. The molecular formula is C20H19FN2O2S. The molecule has 0 fully saturated rings. The maximum Gasteiger partial charge on any atom is 0.279 e. The Bertz CT molecular complexity index is 1000. The number of aromatic nitrogens is 1. The summed E-state index contributed by atoms with van der Waals surface area (Å²) >= 11 is 1.43. The highest BCUT2D eigenvalue weighted by Gasteiger charge is 2.12. The number of nitrogens with zero attached hydrogens (tertiary/aromatic N) is 2. The first-order valence-corrected chi connectivity index (χ1v) is 9.05. The normalized spacial score (nSPS) is 11.6. The fourth-order valence-corrected chi connectivity index (χ4v) is 3.71. The molecule has 1 heterocycles. The molecule has 0 aliphatic carbocycles. The summed E-state index contributed by atoms with van der Waals surface area (Å²) in [6.45, 7) is 4.55. The van der Waals surface area contributed by atoms with Crippen LogP contribution in [0, 0.1) is 12.7 Å². The van der Waals surface area contributed by atoms with Gasteiger partial charge in [-0.25, -0.2) is 4.39 Å². The largest absolute Gasteiger partial charge is 0.494 e. The summed E-state index contributed by atoms with van der Waals surface area (Å²) in [6.07, 6.45) is 0. The molecule has 0 saturated carbocycles. The molecule has 0 unspecified atom stereocenters. The maximum atomic E-state index is 13.3. The molecule has 1 aromatic heterocycles. The minimum atomic E-state index is -0.459. The predicted molar refractivity (Wildman–Crippen MR) is 101 cm³/mol. The summed E-state index contributed by atoms with van der Waals surface area (Å²) < 4.78 is 20.7. The number of rotatable bonds is 4. The molecule has 0 aliphatic heterocycles. The minimum Gasteiger partial charge on any atom is -0.494 e. The van der Waals surface area contributed by atoms with Crippen molar-refractivity contribution < 1.29 is 13.9 Å². The highest BCUT2D eigenvalue weighted by atomic mass is 32.1. The fourth-order valence-electron chi connectivity index (χ4n) is 2.73. The van der Waals surface area contributed by atoms with Gasteiger partial charge in [0.2, 0.25) is 0 Å². The van der Waals surface area contributed by atoms with Gasteiger partial charge in [-0.3, -0.25) is 4.79 Å². The number of halogens is 1. The Hall–Kier alpha value is -2.73. The van der Waals surface area contributed by atoms with Crippen molar-refractivity contribution >= 4 is 17.2 Å². The topological polar surface area (TPSA) is 43.6 Å². The highest BCUT2D eigenvalue weighted by Crippen LogP contribution is 2.26. The number of amides is 1. The van der Waals surface area contributed by atoms with Crippen LogP contribution in [0.25, 0.3) is 11.3 Å². The van der Waals surface area contributed by atoms with Crippen molar-refractivity contribution in [1.82, 2.24) is 4.57 Å². The molecule has 3 aromatic rings. The van der Waals surface area contributed by atoms with Crippen molar-refractivity contribution in [2.24, 2.45) is 12.0 Å².